The van der Waals surface area contributed by atoms with Crippen LogP contribution in [0.5, 0.6) is 5.75 Å². The zero-order chi connectivity index (χ0) is 12.9. The maximum Gasteiger partial charge on any atom is 0.324 e. The van der Waals surface area contributed by atoms with Gasteiger partial charge in [-0.1, -0.05) is 32.9 Å². The Kier molecular flexibility index (Phi) is 5.90. The second kappa shape index (κ2) is 6.16. The molecule has 0 radical (unpaired) electrons. The summed E-state index contributed by atoms with van der Waals surface area (Å²) in [4.78, 5) is 21.7. The highest BCUT2D eigenvalue weighted by Crippen LogP contribution is 2.30. The lowest BCUT2D eigenvalue weighted by Crippen LogP contribution is -2.11. The maximum absolute atomic E-state index is 9.63. The molecule has 0 heterocycles. The fraction of sp³-hybridized carbons (Fsp3) is 0.455. The SMILES string of the molecule is Cc1ccc(C(C)(C)C)c(O)c1.OP(O)O. The van der Waals surface area contributed by atoms with Gasteiger partial charge in [0.1, 0.15) is 5.75 Å². The van der Waals surface area contributed by atoms with E-state index in [-0.39, 0.29) is 5.41 Å². The Labute approximate surface area is 97.2 Å². The molecule has 0 aromatic heterocycles. The van der Waals surface area contributed by atoms with Crippen molar-refractivity contribution in [1.82, 2.24) is 0 Å². The average Bonchev–Trinajstić information content (AvgIpc) is 1.99. The molecule has 0 saturated heterocycles. The van der Waals surface area contributed by atoms with Crippen molar-refractivity contribution in [3.05, 3.63) is 29.3 Å². The molecule has 1 aromatic carbocycles. The van der Waals surface area contributed by atoms with Crippen LogP contribution in [0.15, 0.2) is 18.2 Å². The van der Waals surface area contributed by atoms with E-state index in [1.165, 1.54) is 0 Å². The summed E-state index contributed by atoms with van der Waals surface area (Å²) in [7, 11) is -2.62. The van der Waals surface area contributed by atoms with Gasteiger partial charge in [0.05, 0.1) is 0 Å². The monoisotopic (exact) mass is 246 g/mol. The van der Waals surface area contributed by atoms with Crippen LogP contribution in [0.3, 0.4) is 0 Å². The zero-order valence-electron chi connectivity index (χ0n) is 9.97. The van der Waals surface area contributed by atoms with Gasteiger partial charge in [0.25, 0.3) is 0 Å². The van der Waals surface area contributed by atoms with Crippen molar-refractivity contribution in [3.63, 3.8) is 0 Å². The predicted octanol–water partition coefficient (Wildman–Crippen LogP) is 2.19. The van der Waals surface area contributed by atoms with E-state index in [9.17, 15) is 5.11 Å². The van der Waals surface area contributed by atoms with Gasteiger partial charge in [0.15, 0.2) is 0 Å². The number of benzene rings is 1. The van der Waals surface area contributed by atoms with Gasteiger partial charge in [-0.05, 0) is 29.5 Å². The molecule has 0 fully saturated rings. The lowest BCUT2D eigenvalue weighted by molar-refractivity contribution is 0.368. The second-order valence-electron chi connectivity index (χ2n) is 4.54. The third kappa shape index (κ3) is 6.03. The molecule has 16 heavy (non-hydrogen) atoms. The molecule has 1 rings (SSSR count). The summed E-state index contributed by atoms with van der Waals surface area (Å²) < 4.78 is 0. The van der Waals surface area contributed by atoms with Crippen molar-refractivity contribution in [3.8, 4) is 5.75 Å². The lowest BCUT2D eigenvalue weighted by Gasteiger charge is -2.20. The summed E-state index contributed by atoms with van der Waals surface area (Å²) in [6.07, 6.45) is 0. The van der Waals surface area contributed by atoms with Crippen molar-refractivity contribution in [1.29, 1.82) is 0 Å². The highest BCUT2D eigenvalue weighted by Gasteiger charge is 2.17. The molecule has 0 unspecified atom stereocenters. The number of phenolic OH excluding ortho intramolecular Hbond substituents is 1. The van der Waals surface area contributed by atoms with Crippen LogP contribution in [0.1, 0.15) is 31.9 Å². The summed E-state index contributed by atoms with van der Waals surface area (Å²) in [5.74, 6) is 0.405. The quantitative estimate of drug-likeness (QED) is 0.529. The molecular weight excluding hydrogens is 227 g/mol. The van der Waals surface area contributed by atoms with Gasteiger partial charge in [-0.15, -0.1) is 0 Å². The Morgan fingerprint density at radius 2 is 1.50 bits per heavy atom. The number of hydrogen-bond donors (Lipinski definition) is 4. The van der Waals surface area contributed by atoms with Crippen LogP contribution < -0.4 is 0 Å². The van der Waals surface area contributed by atoms with E-state index in [4.69, 9.17) is 14.7 Å². The summed E-state index contributed by atoms with van der Waals surface area (Å²) in [5.41, 5.74) is 2.13. The van der Waals surface area contributed by atoms with Crippen molar-refractivity contribution in [2.24, 2.45) is 0 Å². The third-order valence-corrected chi connectivity index (χ3v) is 1.96. The van der Waals surface area contributed by atoms with Crippen molar-refractivity contribution in [2.45, 2.75) is 33.1 Å². The van der Waals surface area contributed by atoms with Gasteiger partial charge < -0.3 is 19.8 Å². The van der Waals surface area contributed by atoms with Crippen LogP contribution in [0.25, 0.3) is 0 Å². The number of aryl methyl sites for hydroxylation is 1. The molecule has 0 amide bonds. The molecule has 0 saturated carbocycles. The predicted molar refractivity (Wildman–Crippen MR) is 65.1 cm³/mol. The van der Waals surface area contributed by atoms with Crippen LogP contribution in [-0.4, -0.2) is 19.8 Å². The van der Waals surface area contributed by atoms with Crippen LogP contribution in [0.4, 0.5) is 0 Å². The minimum absolute atomic E-state index is 0.0256. The largest absolute Gasteiger partial charge is 0.508 e. The zero-order valence-corrected chi connectivity index (χ0v) is 10.9. The lowest BCUT2D eigenvalue weighted by atomic mass is 9.86. The molecule has 0 aliphatic rings. The van der Waals surface area contributed by atoms with E-state index in [2.05, 4.69) is 20.8 Å². The van der Waals surface area contributed by atoms with Gasteiger partial charge in [0.2, 0.25) is 0 Å². The van der Waals surface area contributed by atoms with Crippen molar-refractivity contribution in [2.75, 3.05) is 0 Å². The Morgan fingerprint density at radius 3 is 1.81 bits per heavy atom. The summed E-state index contributed by atoms with van der Waals surface area (Å²) in [5, 5.41) is 9.63. The first kappa shape index (κ1) is 15.3. The maximum atomic E-state index is 9.63. The van der Waals surface area contributed by atoms with E-state index < -0.39 is 8.60 Å². The first-order valence-electron chi connectivity index (χ1n) is 4.81. The van der Waals surface area contributed by atoms with E-state index in [1.54, 1.807) is 6.07 Å². The Bertz CT molecular complexity index is 328. The molecule has 0 aliphatic carbocycles. The number of aromatic hydroxyl groups is 1. The molecule has 4 nitrogen and oxygen atoms in total. The van der Waals surface area contributed by atoms with Crippen LogP contribution in [-0.2, 0) is 5.41 Å². The number of phenols is 1. The van der Waals surface area contributed by atoms with Crippen LogP contribution in [0, 0.1) is 6.92 Å². The first-order valence-corrected chi connectivity index (χ1v) is 6.01. The molecule has 5 heteroatoms. The Hall–Kier alpha value is -0.670. The average molecular weight is 246 g/mol. The molecular formula is C11H19O4P. The standard InChI is InChI=1S/C11H16O.H3O3P/c1-8-5-6-9(10(12)7-8)11(2,3)4;1-4(2)3/h5-7,12H,1-4H3;1-3H. The van der Waals surface area contributed by atoms with Crippen molar-refractivity contribution < 1.29 is 19.8 Å². The number of rotatable bonds is 0. The topological polar surface area (TPSA) is 80.9 Å². The van der Waals surface area contributed by atoms with E-state index in [0.717, 1.165) is 11.1 Å². The molecule has 0 spiro atoms. The normalized spacial score (nSPS) is 11.0. The van der Waals surface area contributed by atoms with E-state index in [0.29, 0.717) is 5.75 Å². The summed E-state index contributed by atoms with van der Waals surface area (Å²) in [6, 6.07) is 5.82. The smallest absolute Gasteiger partial charge is 0.324 e. The minimum Gasteiger partial charge on any atom is -0.508 e. The van der Waals surface area contributed by atoms with Gasteiger partial charge in [-0.25, -0.2) is 0 Å². The molecule has 92 valence electrons. The van der Waals surface area contributed by atoms with Gasteiger partial charge in [-0.2, -0.15) is 0 Å². The fourth-order valence-electron chi connectivity index (χ4n) is 1.28. The molecule has 1 aromatic rings. The molecule has 0 aliphatic heterocycles. The van der Waals surface area contributed by atoms with E-state index >= 15 is 0 Å². The molecule has 0 bridgehead atoms. The number of hydrogen-bond acceptors (Lipinski definition) is 4. The Balaban J connectivity index is 0.000000487. The highest BCUT2D eigenvalue weighted by molar-refractivity contribution is 7.38. The van der Waals surface area contributed by atoms with Crippen LogP contribution >= 0.6 is 8.60 Å². The van der Waals surface area contributed by atoms with E-state index in [1.807, 2.05) is 19.1 Å². The first-order chi connectivity index (χ1) is 7.14. The van der Waals surface area contributed by atoms with Gasteiger partial charge in [-0.3, -0.25) is 0 Å². The van der Waals surface area contributed by atoms with Gasteiger partial charge in [0, 0.05) is 0 Å². The molecule has 0 atom stereocenters. The van der Waals surface area contributed by atoms with Gasteiger partial charge >= 0.3 is 8.60 Å². The fourth-order valence-corrected chi connectivity index (χ4v) is 1.28. The summed E-state index contributed by atoms with van der Waals surface area (Å²) >= 11 is 0. The second-order valence-corrected chi connectivity index (χ2v) is 5.08. The van der Waals surface area contributed by atoms with Crippen molar-refractivity contribution >= 4 is 8.60 Å². The highest BCUT2D eigenvalue weighted by atomic mass is 31.2. The minimum atomic E-state index is -2.62. The summed E-state index contributed by atoms with van der Waals surface area (Å²) in [6.45, 7) is 8.26. The third-order valence-electron chi connectivity index (χ3n) is 1.96. The Morgan fingerprint density at radius 1 is 1.06 bits per heavy atom. The molecule has 4 N–H and O–H groups in total. The van der Waals surface area contributed by atoms with Crippen LogP contribution in [0.2, 0.25) is 0 Å².